The Morgan fingerprint density at radius 3 is 2.32 bits per heavy atom. The Labute approximate surface area is 164 Å². The van der Waals surface area contributed by atoms with Crippen molar-refractivity contribution in [2.45, 2.75) is 19.3 Å². The molecule has 134 valence electrons. The van der Waals surface area contributed by atoms with E-state index in [1.54, 1.807) is 18.2 Å². The summed E-state index contributed by atoms with van der Waals surface area (Å²) >= 11 is 11.8. The fourth-order valence-corrected chi connectivity index (χ4v) is 3.19. The van der Waals surface area contributed by atoms with E-state index in [0.717, 1.165) is 18.7 Å². The van der Waals surface area contributed by atoms with E-state index in [0.29, 0.717) is 15.6 Å². The van der Waals surface area contributed by atoms with Crippen LogP contribution in [0.15, 0.2) is 42.5 Å². The number of carbonyl (C=O) groups is 1. The van der Waals surface area contributed by atoms with Crippen LogP contribution in [0.5, 0.6) is 0 Å². The molecule has 1 amide bonds. The third-order valence-electron chi connectivity index (χ3n) is 4.31. The Bertz CT molecular complexity index is 713. The quantitative estimate of drug-likeness (QED) is 0.739. The van der Waals surface area contributed by atoms with Crippen molar-refractivity contribution < 1.29 is 4.79 Å². The maximum atomic E-state index is 12.2. The van der Waals surface area contributed by atoms with Gasteiger partial charge in [-0.2, -0.15) is 0 Å². The summed E-state index contributed by atoms with van der Waals surface area (Å²) in [5.41, 5.74) is 2.55. The van der Waals surface area contributed by atoms with E-state index < -0.39 is 0 Å². The molecule has 1 saturated heterocycles. The van der Waals surface area contributed by atoms with E-state index in [1.807, 2.05) is 12.1 Å². The van der Waals surface area contributed by atoms with Crippen LogP contribution in [-0.2, 0) is 6.42 Å². The van der Waals surface area contributed by atoms with E-state index in [9.17, 15) is 4.79 Å². The molecule has 2 aromatic carbocycles. The molecular formula is C19H21Cl3N2O. The molecule has 1 N–H and O–H groups in total. The number of hydrogen-bond donors (Lipinski definition) is 1. The smallest absolute Gasteiger partial charge is 0.255 e. The van der Waals surface area contributed by atoms with Gasteiger partial charge in [0, 0.05) is 17.8 Å². The summed E-state index contributed by atoms with van der Waals surface area (Å²) in [5, 5.41) is 3.70. The lowest BCUT2D eigenvalue weighted by molar-refractivity contribution is 0.102. The molecule has 2 aromatic rings. The summed E-state index contributed by atoms with van der Waals surface area (Å²) in [7, 11) is 0. The number of amides is 1. The molecule has 1 aliphatic rings. The number of nitrogens with one attached hydrogen (secondary N) is 1. The first kappa shape index (κ1) is 20.1. The summed E-state index contributed by atoms with van der Waals surface area (Å²) in [6.45, 7) is 3.55. The van der Waals surface area contributed by atoms with Crippen LogP contribution >= 0.6 is 35.6 Å². The molecule has 3 rings (SSSR count). The molecule has 6 heteroatoms. The predicted molar refractivity (Wildman–Crippen MR) is 107 cm³/mol. The van der Waals surface area contributed by atoms with Gasteiger partial charge in [0.05, 0.1) is 10.0 Å². The van der Waals surface area contributed by atoms with Crippen LogP contribution in [0.3, 0.4) is 0 Å². The molecule has 0 atom stereocenters. The van der Waals surface area contributed by atoms with Crippen molar-refractivity contribution in [1.82, 2.24) is 4.90 Å². The maximum Gasteiger partial charge on any atom is 0.255 e. The van der Waals surface area contributed by atoms with Crippen LogP contribution in [0.1, 0.15) is 28.8 Å². The van der Waals surface area contributed by atoms with E-state index >= 15 is 0 Å². The summed E-state index contributed by atoms with van der Waals surface area (Å²) in [4.78, 5) is 14.7. The second kappa shape index (κ2) is 9.44. The number of halogens is 3. The zero-order chi connectivity index (χ0) is 16.9. The Morgan fingerprint density at radius 1 is 1.00 bits per heavy atom. The lowest BCUT2D eigenvalue weighted by Crippen LogP contribution is -2.21. The molecule has 0 unspecified atom stereocenters. The number of carbonyl (C=O) groups excluding carboxylic acids is 1. The van der Waals surface area contributed by atoms with Gasteiger partial charge in [-0.25, -0.2) is 0 Å². The fraction of sp³-hybridized carbons (Fsp3) is 0.316. The van der Waals surface area contributed by atoms with Crippen molar-refractivity contribution in [2.24, 2.45) is 0 Å². The topological polar surface area (TPSA) is 32.3 Å². The second-order valence-corrected chi connectivity index (χ2v) is 6.89. The Kier molecular flexibility index (Phi) is 7.57. The lowest BCUT2D eigenvalue weighted by atomic mass is 10.1. The van der Waals surface area contributed by atoms with Gasteiger partial charge >= 0.3 is 0 Å². The number of benzene rings is 2. The van der Waals surface area contributed by atoms with Gasteiger partial charge < -0.3 is 10.2 Å². The van der Waals surface area contributed by atoms with Crippen LogP contribution in [0, 0.1) is 0 Å². The normalized spacial score (nSPS) is 14.2. The van der Waals surface area contributed by atoms with Gasteiger partial charge in [0.15, 0.2) is 0 Å². The van der Waals surface area contributed by atoms with Crippen molar-refractivity contribution in [2.75, 3.05) is 25.0 Å². The highest BCUT2D eigenvalue weighted by Gasteiger charge is 2.11. The molecule has 0 aromatic heterocycles. The lowest BCUT2D eigenvalue weighted by Gasteiger charge is -2.14. The number of likely N-dealkylation sites (tertiary alicyclic amines) is 1. The minimum absolute atomic E-state index is 0. The molecule has 3 nitrogen and oxygen atoms in total. The highest BCUT2D eigenvalue weighted by molar-refractivity contribution is 6.42. The predicted octanol–water partition coefficient (Wildman–Crippen LogP) is 5.31. The number of hydrogen-bond acceptors (Lipinski definition) is 2. The van der Waals surface area contributed by atoms with Gasteiger partial charge in [-0.05, 0) is 68.2 Å². The van der Waals surface area contributed by atoms with Gasteiger partial charge in [0.2, 0.25) is 0 Å². The molecule has 0 saturated carbocycles. The van der Waals surface area contributed by atoms with E-state index in [4.69, 9.17) is 23.2 Å². The summed E-state index contributed by atoms with van der Waals surface area (Å²) < 4.78 is 0. The number of rotatable bonds is 5. The first-order valence-corrected chi connectivity index (χ1v) is 8.95. The molecule has 1 aliphatic heterocycles. The molecular weight excluding hydrogens is 379 g/mol. The monoisotopic (exact) mass is 398 g/mol. The minimum Gasteiger partial charge on any atom is -0.322 e. The molecule has 25 heavy (non-hydrogen) atoms. The largest absolute Gasteiger partial charge is 0.322 e. The summed E-state index contributed by atoms with van der Waals surface area (Å²) in [6, 6.07) is 12.9. The Balaban J connectivity index is 0.00000225. The van der Waals surface area contributed by atoms with Crippen LogP contribution < -0.4 is 5.32 Å². The van der Waals surface area contributed by atoms with E-state index in [-0.39, 0.29) is 18.3 Å². The molecule has 0 radical (unpaired) electrons. The van der Waals surface area contributed by atoms with Crippen molar-refractivity contribution in [3.05, 3.63) is 63.6 Å². The van der Waals surface area contributed by atoms with Gasteiger partial charge in [-0.3, -0.25) is 4.79 Å². The molecule has 1 fully saturated rings. The van der Waals surface area contributed by atoms with Gasteiger partial charge in [0.25, 0.3) is 5.91 Å². The Hall–Kier alpha value is -1.26. The first-order valence-electron chi connectivity index (χ1n) is 8.19. The van der Waals surface area contributed by atoms with Crippen molar-refractivity contribution >= 4 is 47.2 Å². The summed E-state index contributed by atoms with van der Waals surface area (Å²) in [5.74, 6) is -0.196. The minimum atomic E-state index is -0.196. The van der Waals surface area contributed by atoms with Gasteiger partial charge in [-0.15, -0.1) is 12.4 Å². The maximum absolute atomic E-state index is 12.2. The second-order valence-electron chi connectivity index (χ2n) is 6.08. The molecule has 1 heterocycles. The van der Waals surface area contributed by atoms with Crippen LogP contribution in [-0.4, -0.2) is 30.4 Å². The van der Waals surface area contributed by atoms with Gasteiger partial charge in [-0.1, -0.05) is 35.3 Å². The average molecular weight is 400 g/mol. The third-order valence-corrected chi connectivity index (χ3v) is 5.05. The summed E-state index contributed by atoms with van der Waals surface area (Å²) in [6.07, 6.45) is 3.68. The third kappa shape index (κ3) is 5.61. The SMILES string of the molecule is Cl.O=C(Nc1ccc(CCN2CCCC2)cc1)c1ccc(Cl)c(Cl)c1. The zero-order valence-corrected chi connectivity index (χ0v) is 16.1. The molecule has 0 aliphatic carbocycles. The van der Waals surface area contributed by atoms with Crippen LogP contribution in [0.4, 0.5) is 5.69 Å². The first-order chi connectivity index (χ1) is 11.6. The van der Waals surface area contributed by atoms with E-state index in [2.05, 4.69) is 22.3 Å². The van der Waals surface area contributed by atoms with Crippen molar-refractivity contribution in [3.8, 4) is 0 Å². The standard InChI is InChI=1S/C19H20Cl2N2O.ClH/c20-17-8-5-15(13-18(17)21)19(24)22-16-6-3-14(4-7-16)9-12-23-10-1-2-11-23;/h3-8,13H,1-2,9-12H2,(H,22,24);1H. The fourth-order valence-electron chi connectivity index (χ4n) is 2.89. The van der Waals surface area contributed by atoms with Crippen molar-refractivity contribution in [1.29, 1.82) is 0 Å². The number of nitrogens with zero attached hydrogens (tertiary/aromatic N) is 1. The molecule has 0 spiro atoms. The highest BCUT2D eigenvalue weighted by Crippen LogP contribution is 2.23. The molecule has 0 bridgehead atoms. The van der Waals surface area contributed by atoms with Gasteiger partial charge in [0.1, 0.15) is 0 Å². The van der Waals surface area contributed by atoms with Crippen LogP contribution in [0.2, 0.25) is 10.0 Å². The number of anilines is 1. The highest BCUT2D eigenvalue weighted by atomic mass is 35.5. The zero-order valence-electron chi connectivity index (χ0n) is 13.8. The average Bonchev–Trinajstić information content (AvgIpc) is 3.10. The van der Waals surface area contributed by atoms with Crippen molar-refractivity contribution in [3.63, 3.8) is 0 Å². The van der Waals surface area contributed by atoms with Crippen LogP contribution in [0.25, 0.3) is 0 Å². The van der Waals surface area contributed by atoms with E-state index in [1.165, 1.54) is 31.5 Å². The Morgan fingerprint density at radius 2 is 1.68 bits per heavy atom.